The van der Waals surface area contributed by atoms with Crippen molar-refractivity contribution in [3.05, 3.63) is 35.4 Å². The molecule has 0 heterocycles. The van der Waals surface area contributed by atoms with Gasteiger partial charge < -0.3 is 34.3 Å². The minimum atomic E-state index is -0.918. The zero-order valence-corrected chi connectivity index (χ0v) is 17.7. The Morgan fingerprint density at radius 1 is 0.759 bits per heavy atom. The van der Waals surface area contributed by atoms with Gasteiger partial charge in [-0.1, -0.05) is 13.8 Å². The Bertz CT molecular complexity index is 834. The molecule has 0 bridgehead atoms. The summed E-state index contributed by atoms with van der Waals surface area (Å²) < 4.78 is 20.9. The molecular formula is C22H30O7. The molecule has 2 rings (SSSR count). The lowest BCUT2D eigenvalue weighted by Gasteiger charge is -2.27. The van der Waals surface area contributed by atoms with Gasteiger partial charge in [0.15, 0.2) is 23.0 Å². The zero-order chi connectivity index (χ0) is 21.7. The monoisotopic (exact) mass is 406 g/mol. The summed E-state index contributed by atoms with van der Waals surface area (Å²) in [6, 6.07) is 6.46. The van der Waals surface area contributed by atoms with Crippen LogP contribution in [0.5, 0.6) is 34.5 Å². The Kier molecular flexibility index (Phi) is 7.45. The SMILES string of the molecule is COc1cc(O)c(C(O)C(C)C(C)Cc2cc(O)c(OC)c(OC)c2)cc1OC. The van der Waals surface area contributed by atoms with E-state index in [1.54, 1.807) is 12.1 Å². The molecule has 0 fully saturated rings. The smallest absolute Gasteiger partial charge is 0.203 e. The molecule has 0 aromatic heterocycles. The molecule has 0 spiro atoms. The third-order valence-corrected chi connectivity index (χ3v) is 5.32. The third kappa shape index (κ3) is 4.79. The van der Waals surface area contributed by atoms with Gasteiger partial charge in [0.25, 0.3) is 0 Å². The van der Waals surface area contributed by atoms with Gasteiger partial charge in [-0.05, 0) is 42.0 Å². The lowest BCUT2D eigenvalue weighted by Crippen LogP contribution is -2.19. The highest BCUT2D eigenvalue weighted by molar-refractivity contribution is 5.53. The number of benzene rings is 2. The number of phenols is 2. The molecule has 3 atom stereocenters. The van der Waals surface area contributed by atoms with Gasteiger partial charge in [-0.3, -0.25) is 0 Å². The zero-order valence-electron chi connectivity index (χ0n) is 17.7. The van der Waals surface area contributed by atoms with E-state index in [1.807, 2.05) is 19.9 Å². The highest BCUT2D eigenvalue weighted by Gasteiger charge is 2.27. The van der Waals surface area contributed by atoms with Crippen molar-refractivity contribution in [3.8, 4) is 34.5 Å². The van der Waals surface area contributed by atoms with E-state index < -0.39 is 6.10 Å². The molecule has 0 aliphatic rings. The number of aromatic hydroxyl groups is 2. The van der Waals surface area contributed by atoms with Crippen LogP contribution in [0.1, 0.15) is 31.1 Å². The van der Waals surface area contributed by atoms with Crippen LogP contribution in [0.3, 0.4) is 0 Å². The maximum atomic E-state index is 10.9. The molecule has 29 heavy (non-hydrogen) atoms. The molecule has 7 heteroatoms. The van der Waals surface area contributed by atoms with Gasteiger partial charge in [0.2, 0.25) is 5.75 Å². The summed E-state index contributed by atoms with van der Waals surface area (Å²) in [5, 5.41) is 31.4. The average Bonchev–Trinajstić information content (AvgIpc) is 2.71. The van der Waals surface area contributed by atoms with Gasteiger partial charge in [-0.25, -0.2) is 0 Å². The number of aliphatic hydroxyl groups excluding tert-OH is 1. The lowest BCUT2D eigenvalue weighted by molar-refractivity contribution is 0.0845. The molecule has 0 aliphatic carbocycles. The average molecular weight is 406 g/mol. The van der Waals surface area contributed by atoms with Gasteiger partial charge in [-0.15, -0.1) is 0 Å². The highest BCUT2D eigenvalue weighted by atomic mass is 16.5. The molecule has 2 aromatic carbocycles. The molecule has 160 valence electrons. The predicted octanol–water partition coefficient (Wildman–Crippen LogP) is 3.68. The van der Waals surface area contributed by atoms with Crippen LogP contribution in [0.25, 0.3) is 0 Å². The normalized spacial score (nSPS) is 14.0. The summed E-state index contributed by atoms with van der Waals surface area (Å²) in [4.78, 5) is 0. The molecule has 0 radical (unpaired) electrons. The van der Waals surface area contributed by atoms with Crippen LogP contribution < -0.4 is 18.9 Å². The van der Waals surface area contributed by atoms with Crippen LogP contribution >= 0.6 is 0 Å². The van der Waals surface area contributed by atoms with Gasteiger partial charge in [-0.2, -0.15) is 0 Å². The van der Waals surface area contributed by atoms with E-state index in [2.05, 4.69) is 0 Å². The standard InChI is InChI=1S/C22H30O7/c1-12(7-14-8-17(24)22(29-6)20(9-14)28-5)13(2)21(25)15-10-18(26-3)19(27-4)11-16(15)23/h8-13,21,23-25H,7H2,1-6H3. The first kappa shape index (κ1) is 22.5. The molecular weight excluding hydrogens is 376 g/mol. The maximum Gasteiger partial charge on any atom is 0.203 e. The van der Waals surface area contributed by atoms with Gasteiger partial charge in [0.1, 0.15) is 5.75 Å². The van der Waals surface area contributed by atoms with Crippen molar-refractivity contribution < 1.29 is 34.3 Å². The van der Waals surface area contributed by atoms with E-state index in [-0.39, 0.29) is 29.1 Å². The topological polar surface area (TPSA) is 97.6 Å². The minimum Gasteiger partial charge on any atom is -0.507 e. The summed E-state index contributed by atoms with van der Waals surface area (Å²) >= 11 is 0. The fraction of sp³-hybridized carbons (Fsp3) is 0.455. The van der Waals surface area contributed by atoms with E-state index in [0.717, 1.165) is 5.56 Å². The van der Waals surface area contributed by atoms with E-state index in [4.69, 9.17) is 18.9 Å². The first-order valence-electron chi connectivity index (χ1n) is 9.34. The highest BCUT2D eigenvalue weighted by Crippen LogP contribution is 2.42. The second-order valence-electron chi connectivity index (χ2n) is 7.10. The predicted molar refractivity (Wildman–Crippen MR) is 109 cm³/mol. The number of ether oxygens (including phenoxy) is 4. The minimum absolute atomic E-state index is 0.000197. The quantitative estimate of drug-likeness (QED) is 0.584. The summed E-state index contributed by atoms with van der Waals surface area (Å²) in [5.41, 5.74) is 1.22. The van der Waals surface area contributed by atoms with Crippen molar-refractivity contribution in [2.75, 3.05) is 28.4 Å². The van der Waals surface area contributed by atoms with Crippen LogP contribution in [0.2, 0.25) is 0 Å². The van der Waals surface area contributed by atoms with Crippen molar-refractivity contribution in [1.82, 2.24) is 0 Å². The Morgan fingerprint density at radius 3 is 1.90 bits per heavy atom. The molecule has 0 saturated carbocycles. The summed E-state index contributed by atoms with van der Waals surface area (Å²) in [7, 11) is 5.96. The summed E-state index contributed by atoms with van der Waals surface area (Å²) in [5.74, 6) is 1.32. The number of aliphatic hydroxyl groups is 1. The molecule has 2 aromatic rings. The van der Waals surface area contributed by atoms with Crippen LogP contribution in [-0.4, -0.2) is 43.8 Å². The fourth-order valence-corrected chi connectivity index (χ4v) is 3.39. The van der Waals surface area contributed by atoms with Gasteiger partial charge in [0, 0.05) is 11.6 Å². The molecule has 0 aliphatic heterocycles. The van der Waals surface area contributed by atoms with Crippen LogP contribution in [0, 0.1) is 11.8 Å². The Morgan fingerprint density at radius 2 is 1.34 bits per heavy atom. The Labute approximate surface area is 171 Å². The summed E-state index contributed by atoms with van der Waals surface area (Å²) in [6.45, 7) is 3.91. The first-order valence-corrected chi connectivity index (χ1v) is 9.34. The Hall–Kier alpha value is -2.80. The van der Waals surface area contributed by atoms with Crippen molar-refractivity contribution >= 4 is 0 Å². The lowest BCUT2D eigenvalue weighted by atomic mass is 9.83. The van der Waals surface area contributed by atoms with Gasteiger partial charge >= 0.3 is 0 Å². The molecule has 3 N–H and O–H groups in total. The second-order valence-corrected chi connectivity index (χ2v) is 7.10. The number of methoxy groups -OCH3 is 4. The fourth-order valence-electron chi connectivity index (χ4n) is 3.39. The summed E-state index contributed by atoms with van der Waals surface area (Å²) in [6.07, 6.45) is -0.334. The van der Waals surface area contributed by atoms with E-state index in [0.29, 0.717) is 29.2 Å². The van der Waals surface area contributed by atoms with Crippen molar-refractivity contribution in [2.24, 2.45) is 11.8 Å². The van der Waals surface area contributed by atoms with Crippen molar-refractivity contribution in [3.63, 3.8) is 0 Å². The van der Waals surface area contributed by atoms with Crippen LogP contribution in [0.4, 0.5) is 0 Å². The second kappa shape index (κ2) is 9.60. The Balaban J connectivity index is 2.24. The van der Waals surface area contributed by atoms with E-state index >= 15 is 0 Å². The van der Waals surface area contributed by atoms with E-state index in [9.17, 15) is 15.3 Å². The third-order valence-electron chi connectivity index (χ3n) is 5.32. The largest absolute Gasteiger partial charge is 0.507 e. The van der Waals surface area contributed by atoms with Crippen molar-refractivity contribution in [1.29, 1.82) is 0 Å². The molecule has 0 amide bonds. The number of hydrogen-bond acceptors (Lipinski definition) is 7. The van der Waals surface area contributed by atoms with Crippen LogP contribution in [-0.2, 0) is 6.42 Å². The maximum absolute atomic E-state index is 10.9. The van der Waals surface area contributed by atoms with Crippen molar-refractivity contribution in [2.45, 2.75) is 26.4 Å². The van der Waals surface area contributed by atoms with Gasteiger partial charge in [0.05, 0.1) is 34.5 Å². The number of rotatable bonds is 9. The molecule has 3 unspecified atom stereocenters. The number of hydrogen-bond donors (Lipinski definition) is 3. The molecule has 7 nitrogen and oxygen atoms in total. The first-order chi connectivity index (χ1) is 13.8. The van der Waals surface area contributed by atoms with Crippen LogP contribution in [0.15, 0.2) is 24.3 Å². The number of phenolic OH excluding ortho intramolecular Hbond substituents is 2. The molecule has 0 saturated heterocycles. The van der Waals surface area contributed by atoms with E-state index in [1.165, 1.54) is 34.5 Å².